The average molecular weight is 500 g/mol. The highest BCUT2D eigenvalue weighted by Crippen LogP contribution is 2.46. The molecule has 0 amide bonds. The molecule has 4 heteroatoms. The highest BCUT2D eigenvalue weighted by molar-refractivity contribution is 9.10. The van der Waals surface area contributed by atoms with E-state index in [4.69, 9.17) is 0 Å². The Balaban J connectivity index is 1.48. The number of para-hydroxylation sites is 1. The Kier molecular flexibility index (Phi) is 6.15. The number of pyridine rings is 1. The molecule has 3 aromatic carbocycles. The fourth-order valence-corrected chi connectivity index (χ4v) is 5.51. The molecule has 0 saturated carbocycles. The van der Waals surface area contributed by atoms with Crippen molar-refractivity contribution in [3.05, 3.63) is 118 Å². The minimum absolute atomic E-state index is 0.864. The van der Waals surface area contributed by atoms with Gasteiger partial charge < -0.3 is 4.90 Å². The van der Waals surface area contributed by atoms with Crippen molar-refractivity contribution in [1.29, 1.82) is 0 Å². The number of anilines is 1. The fourth-order valence-electron chi connectivity index (χ4n) is 4.09. The molecule has 0 aliphatic carbocycles. The lowest BCUT2D eigenvalue weighted by Gasteiger charge is -2.20. The van der Waals surface area contributed by atoms with E-state index in [-0.39, 0.29) is 0 Å². The zero-order chi connectivity index (χ0) is 21.9. The molecule has 2 nitrogen and oxygen atoms in total. The maximum atomic E-state index is 3.62. The lowest BCUT2D eigenvalue weighted by Crippen LogP contribution is -2.32. The van der Waals surface area contributed by atoms with Crippen molar-refractivity contribution in [2.75, 3.05) is 4.90 Å². The predicted molar refractivity (Wildman–Crippen MR) is 140 cm³/mol. The van der Waals surface area contributed by atoms with E-state index in [1.807, 2.05) is 11.8 Å². The van der Waals surface area contributed by atoms with E-state index in [0.717, 1.165) is 17.6 Å². The quantitative estimate of drug-likeness (QED) is 0.261. The SMILES string of the molecule is CC[n+]1ccc(/C=C/C=C2\Sc3ccccc3N2Cc2ccccc2)c2ccc(Br)cc21. The summed E-state index contributed by atoms with van der Waals surface area (Å²) in [6, 6.07) is 28.0. The molecule has 1 aromatic heterocycles. The van der Waals surface area contributed by atoms with E-state index >= 15 is 0 Å². The van der Waals surface area contributed by atoms with Crippen LogP contribution in [0.25, 0.3) is 17.0 Å². The van der Waals surface area contributed by atoms with Crippen LogP contribution in [-0.4, -0.2) is 0 Å². The fraction of sp³-hybridized carbons (Fsp3) is 0.107. The van der Waals surface area contributed by atoms with Gasteiger partial charge in [0.05, 0.1) is 16.1 Å². The first-order chi connectivity index (χ1) is 15.7. The van der Waals surface area contributed by atoms with E-state index in [1.165, 1.54) is 37.6 Å². The van der Waals surface area contributed by atoms with Gasteiger partial charge in [-0.05, 0) is 48.4 Å². The molecule has 0 fully saturated rings. The normalized spacial score (nSPS) is 14.6. The van der Waals surface area contributed by atoms with Crippen molar-refractivity contribution in [2.24, 2.45) is 0 Å². The Bertz CT molecular complexity index is 1330. The second kappa shape index (κ2) is 9.35. The molecule has 2 heterocycles. The monoisotopic (exact) mass is 499 g/mol. The van der Waals surface area contributed by atoms with E-state index in [0.29, 0.717) is 0 Å². The van der Waals surface area contributed by atoms with E-state index < -0.39 is 0 Å². The van der Waals surface area contributed by atoms with Crippen LogP contribution in [0.3, 0.4) is 0 Å². The van der Waals surface area contributed by atoms with Crippen LogP contribution in [0.15, 0.2) is 112 Å². The average Bonchev–Trinajstić information content (AvgIpc) is 3.17. The van der Waals surface area contributed by atoms with Crippen molar-refractivity contribution < 1.29 is 4.57 Å². The summed E-state index contributed by atoms with van der Waals surface area (Å²) in [6.07, 6.45) is 8.80. The Morgan fingerprint density at radius 1 is 0.969 bits per heavy atom. The smallest absolute Gasteiger partial charge is 0.214 e. The van der Waals surface area contributed by atoms with Crippen molar-refractivity contribution >= 4 is 50.4 Å². The molecular formula is C28H24BrN2S+. The molecule has 1 aliphatic heterocycles. The molecule has 0 unspecified atom stereocenters. The largest absolute Gasteiger partial charge is 0.331 e. The third-order valence-electron chi connectivity index (χ3n) is 5.69. The van der Waals surface area contributed by atoms with Gasteiger partial charge in [0.25, 0.3) is 0 Å². The molecule has 4 aromatic rings. The summed E-state index contributed by atoms with van der Waals surface area (Å²) in [5.74, 6) is 0. The van der Waals surface area contributed by atoms with E-state index in [9.17, 15) is 0 Å². The Hall–Kier alpha value is -2.82. The van der Waals surface area contributed by atoms with Crippen LogP contribution in [-0.2, 0) is 13.1 Å². The molecule has 0 saturated heterocycles. The van der Waals surface area contributed by atoms with Gasteiger partial charge in [-0.2, -0.15) is 4.57 Å². The lowest BCUT2D eigenvalue weighted by atomic mass is 10.1. The predicted octanol–water partition coefficient (Wildman–Crippen LogP) is 7.58. The highest BCUT2D eigenvalue weighted by Gasteiger charge is 2.24. The molecule has 0 N–H and O–H groups in total. The number of allylic oxidation sites excluding steroid dienone is 2. The van der Waals surface area contributed by atoms with Gasteiger partial charge in [-0.25, -0.2) is 0 Å². The summed E-state index contributed by atoms with van der Waals surface area (Å²) >= 11 is 5.45. The first kappa shape index (κ1) is 21.0. The zero-order valence-corrected chi connectivity index (χ0v) is 20.3. The maximum absolute atomic E-state index is 3.62. The van der Waals surface area contributed by atoms with Crippen molar-refractivity contribution in [3.63, 3.8) is 0 Å². The van der Waals surface area contributed by atoms with Crippen molar-refractivity contribution in [2.45, 2.75) is 24.9 Å². The molecule has 5 rings (SSSR count). The number of rotatable bonds is 5. The summed E-state index contributed by atoms with van der Waals surface area (Å²) in [5, 5.41) is 2.51. The molecule has 0 bridgehead atoms. The van der Waals surface area contributed by atoms with Crippen LogP contribution in [0, 0.1) is 0 Å². The third kappa shape index (κ3) is 4.25. The topological polar surface area (TPSA) is 7.12 Å². The number of nitrogens with zero attached hydrogens (tertiary/aromatic N) is 2. The Labute approximate surface area is 202 Å². The Morgan fingerprint density at radius 2 is 1.78 bits per heavy atom. The van der Waals surface area contributed by atoms with Crippen LogP contribution >= 0.6 is 27.7 Å². The lowest BCUT2D eigenvalue weighted by molar-refractivity contribution is -0.667. The summed E-state index contributed by atoms with van der Waals surface area (Å²) in [6.45, 7) is 3.99. The van der Waals surface area contributed by atoms with Crippen LogP contribution in [0.2, 0.25) is 0 Å². The van der Waals surface area contributed by atoms with E-state index in [1.54, 1.807) is 0 Å². The number of halogens is 1. The second-order valence-corrected chi connectivity index (χ2v) is 9.70. The molecule has 0 radical (unpaired) electrons. The minimum atomic E-state index is 0.864. The standard InChI is InChI=1S/C28H24BrN2S/c1-2-30-18-17-22(24-16-15-23(29)19-26(24)30)11-8-14-28-31(20-21-9-4-3-5-10-21)25-12-6-7-13-27(25)32-28/h3-19H,2,20H2,1H3/q+1. The first-order valence-electron chi connectivity index (χ1n) is 10.8. The first-order valence-corrected chi connectivity index (χ1v) is 12.4. The summed E-state index contributed by atoms with van der Waals surface area (Å²) in [5.41, 5.74) is 5.05. The van der Waals surface area contributed by atoms with Gasteiger partial charge in [0, 0.05) is 28.0 Å². The highest BCUT2D eigenvalue weighted by atomic mass is 79.9. The van der Waals surface area contributed by atoms with Gasteiger partial charge in [-0.3, -0.25) is 0 Å². The van der Waals surface area contributed by atoms with E-state index in [2.05, 4.69) is 136 Å². The molecule has 1 aliphatic rings. The van der Waals surface area contributed by atoms with Crippen LogP contribution in [0.1, 0.15) is 18.1 Å². The van der Waals surface area contributed by atoms with Crippen LogP contribution in [0.4, 0.5) is 5.69 Å². The third-order valence-corrected chi connectivity index (χ3v) is 7.31. The number of benzene rings is 3. The number of fused-ring (bicyclic) bond motifs is 2. The molecule has 32 heavy (non-hydrogen) atoms. The van der Waals surface area contributed by atoms with Gasteiger partial charge in [0.1, 0.15) is 6.54 Å². The number of aryl methyl sites for hydroxylation is 1. The molecule has 158 valence electrons. The van der Waals surface area contributed by atoms with Crippen LogP contribution < -0.4 is 9.47 Å². The number of thioether (sulfide) groups is 1. The summed E-state index contributed by atoms with van der Waals surface area (Å²) in [7, 11) is 0. The van der Waals surface area contributed by atoms with Gasteiger partial charge in [-0.15, -0.1) is 0 Å². The van der Waals surface area contributed by atoms with Gasteiger partial charge in [-0.1, -0.05) is 82.3 Å². The number of aromatic nitrogens is 1. The molecule has 0 atom stereocenters. The molecule has 0 spiro atoms. The van der Waals surface area contributed by atoms with Crippen LogP contribution in [0.5, 0.6) is 0 Å². The molecular weight excluding hydrogens is 476 g/mol. The number of hydrogen-bond donors (Lipinski definition) is 0. The zero-order valence-electron chi connectivity index (χ0n) is 17.9. The van der Waals surface area contributed by atoms with Crippen molar-refractivity contribution in [3.8, 4) is 0 Å². The van der Waals surface area contributed by atoms with Gasteiger partial charge in [0.15, 0.2) is 6.20 Å². The van der Waals surface area contributed by atoms with Gasteiger partial charge in [0.2, 0.25) is 5.52 Å². The number of hydrogen-bond acceptors (Lipinski definition) is 2. The second-order valence-electron chi connectivity index (χ2n) is 7.72. The maximum Gasteiger partial charge on any atom is 0.214 e. The summed E-state index contributed by atoms with van der Waals surface area (Å²) in [4.78, 5) is 3.72. The summed E-state index contributed by atoms with van der Waals surface area (Å²) < 4.78 is 3.38. The van der Waals surface area contributed by atoms with Crippen molar-refractivity contribution in [1.82, 2.24) is 0 Å². The van der Waals surface area contributed by atoms with Gasteiger partial charge >= 0.3 is 0 Å². The Morgan fingerprint density at radius 3 is 2.62 bits per heavy atom. The minimum Gasteiger partial charge on any atom is -0.331 e.